The maximum atomic E-state index is 11.0. The van der Waals surface area contributed by atoms with Crippen LogP contribution in [0.25, 0.3) is 0 Å². The van der Waals surface area contributed by atoms with E-state index in [1.807, 2.05) is 24.3 Å². The van der Waals surface area contributed by atoms with Crippen LogP contribution in [0.5, 0.6) is 5.75 Å². The third-order valence-electron chi connectivity index (χ3n) is 1.93. The zero-order valence-electron chi connectivity index (χ0n) is 9.71. The molecule has 0 saturated heterocycles. The van der Waals surface area contributed by atoms with Crippen LogP contribution in [0, 0.1) is 11.8 Å². The molecule has 1 amide bonds. The van der Waals surface area contributed by atoms with Crippen molar-refractivity contribution in [2.45, 2.75) is 6.42 Å². The van der Waals surface area contributed by atoms with E-state index in [-0.39, 0.29) is 5.91 Å². The molecule has 0 aliphatic carbocycles. The highest BCUT2D eigenvalue weighted by atomic mass is 79.9. The van der Waals surface area contributed by atoms with Gasteiger partial charge in [0.25, 0.3) is 0 Å². The van der Waals surface area contributed by atoms with Crippen molar-refractivity contribution in [3.05, 3.63) is 28.7 Å². The lowest BCUT2D eigenvalue weighted by Crippen LogP contribution is -2.23. The van der Waals surface area contributed by atoms with Crippen LogP contribution >= 0.6 is 27.5 Å². The zero-order valence-corrected chi connectivity index (χ0v) is 12.1. The Morgan fingerprint density at radius 1 is 1.44 bits per heavy atom. The molecule has 1 aromatic rings. The van der Waals surface area contributed by atoms with Crippen LogP contribution in [0.4, 0.5) is 0 Å². The smallest absolute Gasteiger partial charge is 0.221 e. The van der Waals surface area contributed by atoms with Gasteiger partial charge in [-0.2, -0.15) is 0 Å². The third kappa shape index (κ3) is 6.53. The molecule has 96 valence electrons. The van der Waals surface area contributed by atoms with Crippen LogP contribution in [0.1, 0.15) is 6.42 Å². The molecule has 5 heteroatoms. The first kappa shape index (κ1) is 14.9. The van der Waals surface area contributed by atoms with Gasteiger partial charge in [0.15, 0.2) is 0 Å². The molecular formula is C13H13BrClNO2. The molecule has 1 aromatic carbocycles. The second-order valence-electron chi connectivity index (χ2n) is 3.32. The fourth-order valence-electron chi connectivity index (χ4n) is 1.11. The second kappa shape index (κ2) is 8.84. The van der Waals surface area contributed by atoms with Gasteiger partial charge in [-0.1, -0.05) is 33.8 Å². The molecule has 0 atom stereocenters. The van der Waals surface area contributed by atoms with Crippen molar-refractivity contribution in [3.63, 3.8) is 0 Å². The first-order chi connectivity index (χ1) is 8.72. The normalized spacial score (nSPS) is 9.22. The molecule has 0 fully saturated rings. The Morgan fingerprint density at radius 2 is 2.28 bits per heavy atom. The Balaban J connectivity index is 2.20. The van der Waals surface area contributed by atoms with E-state index < -0.39 is 0 Å². The summed E-state index contributed by atoms with van der Waals surface area (Å²) in [6, 6.07) is 7.53. The van der Waals surface area contributed by atoms with E-state index in [1.54, 1.807) is 0 Å². The van der Waals surface area contributed by atoms with Gasteiger partial charge in [0.1, 0.15) is 12.4 Å². The first-order valence-corrected chi connectivity index (χ1v) is 6.72. The molecule has 0 spiro atoms. The van der Waals surface area contributed by atoms with E-state index in [9.17, 15) is 4.79 Å². The van der Waals surface area contributed by atoms with E-state index in [1.165, 1.54) is 0 Å². The van der Waals surface area contributed by atoms with Crippen molar-refractivity contribution in [1.82, 2.24) is 5.32 Å². The second-order valence-corrected chi connectivity index (χ2v) is 4.61. The van der Waals surface area contributed by atoms with Crippen LogP contribution in [0.3, 0.4) is 0 Å². The summed E-state index contributed by atoms with van der Waals surface area (Å²) in [7, 11) is 0. The monoisotopic (exact) mass is 329 g/mol. The molecule has 0 unspecified atom stereocenters. The molecule has 3 nitrogen and oxygen atoms in total. The van der Waals surface area contributed by atoms with Gasteiger partial charge in [-0.3, -0.25) is 4.79 Å². The SMILES string of the molecule is O=C(CCCl)NCC#CCOc1cccc(Br)c1. The molecule has 0 aromatic heterocycles. The van der Waals surface area contributed by atoms with Gasteiger partial charge < -0.3 is 10.1 Å². The van der Waals surface area contributed by atoms with Crippen molar-refractivity contribution in [2.24, 2.45) is 0 Å². The van der Waals surface area contributed by atoms with E-state index in [4.69, 9.17) is 16.3 Å². The van der Waals surface area contributed by atoms with Crippen LogP contribution in [0.2, 0.25) is 0 Å². The van der Waals surface area contributed by atoms with E-state index >= 15 is 0 Å². The Hall–Kier alpha value is -1.18. The number of alkyl halides is 1. The van der Waals surface area contributed by atoms with Crippen molar-refractivity contribution in [1.29, 1.82) is 0 Å². The summed E-state index contributed by atoms with van der Waals surface area (Å²) < 4.78 is 6.36. The fraction of sp³-hybridized carbons (Fsp3) is 0.308. The number of nitrogens with one attached hydrogen (secondary N) is 1. The van der Waals surface area contributed by atoms with Crippen LogP contribution < -0.4 is 10.1 Å². The Kier molecular flexibility index (Phi) is 7.31. The molecule has 0 saturated carbocycles. The lowest BCUT2D eigenvalue weighted by Gasteiger charge is -2.01. The summed E-state index contributed by atoms with van der Waals surface area (Å²) in [6.45, 7) is 0.611. The Labute approximate surface area is 120 Å². The van der Waals surface area contributed by atoms with E-state index in [2.05, 4.69) is 33.1 Å². The molecule has 1 N–H and O–H groups in total. The molecule has 1 rings (SSSR count). The summed E-state index contributed by atoms with van der Waals surface area (Å²) in [5, 5.41) is 2.63. The number of carbonyl (C=O) groups excluding carboxylic acids is 1. The number of carbonyl (C=O) groups is 1. The van der Waals surface area contributed by atoms with Crippen molar-refractivity contribution in [2.75, 3.05) is 19.0 Å². The number of rotatable bonds is 5. The zero-order chi connectivity index (χ0) is 13.2. The average Bonchev–Trinajstić information content (AvgIpc) is 2.34. The number of amides is 1. The third-order valence-corrected chi connectivity index (χ3v) is 2.61. The summed E-state index contributed by atoms with van der Waals surface area (Å²) in [5.74, 6) is 6.60. The van der Waals surface area contributed by atoms with Crippen molar-refractivity contribution >= 4 is 33.4 Å². The minimum Gasteiger partial charge on any atom is -0.481 e. The molecule has 0 bridgehead atoms. The fourth-order valence-corrected chi connectivity index (χ4v) is 1.66. The van der Waals surface area contributed by atoms with Gasteiger partial charge in [0.2, 0.25) is 5.91 Å². The predicted octanol–water partition coefficient (Wildman–Crippen LogP) is 2.58. The highest BCUT2D eigenvalue weighted by molar-refractivity contribution is 9.10. The van der Waals surface area contributed by atoms with Gasteiger partial charge in [-0.25, -0.2) is 0 Å². The number of benzene rings is 1. The van der Waals surface area contributed by atoms with Crippen molar-refractivity contribution < 1.29 is 9.53 Å². The van der Waals surface area contributed by atoms with Gasteiger partial charge in [0, 0.05) is 16.8 Å². The standard InChI is InChI=1S/C13H13BrClNO2/c14-11-4-3-5-12(10-11)18-9-2-1-8-16-13(17)6-7-15/h3-5,10H,6-9H2,(H,16,17). The Morgan fingerprint density at radius 3 is 3.00 bits per heavy atom. The summed E-state index contributed by atoms with van der Waals surface area (Å²) in [4.78, 5) is 11.0. The van der Waals surface area contributed by atoms with Gasteiger partial charge in [0.05, 0.1) is 6.54 Å². The quantitative estimate of drug-likeness (QED) is 0.666. The molecular weight excluding hydrogens is 318 g/mol. The molecule has 0 aliphatic rings. The van der Waals surface area contributed by atoms with Crippen molar-refractivity contribution in [3.8, 4) is 17.6 Å². The largest absolute Gasteiger partial charge is 0.481 e. The number of ether oxygens (including phenoxy) is 1. The topological polar surface area (TPSA) is 38.3 Å². The average molecular weight is 331 g/mol. The number of hydrogen-bond donors (Lipinski definition) is 1. The minimum absolute atomic E-state index is 0.0905. The summed E-state index contributed by atoms with van der Waals surface area (Å²) in [5.41, 5.74) is 0. The molecule has 0 radical (unpaired) electrons. The highest BCUT2D eigenvalue weighted by Gasteiger charge is 1.95. The molecule has 0 heterocycles. The predicted molar refractivity (Wildman–Crippen MR) is 75.8 cm³/mol. The van der Waals surface area contributed by atoms with E-state index in [0.29, 0.717) is 25.5 Å². The highest BCUT2D eigenvalue weighted by Crippen LogP contribution is 2.17. The Bertz CT molecular complexity index is 454. The van der Waals surface area contributed by atoms with Crippen LogP contribution in [-0.2, 0) is 4.79 Å². The lowest BCUT2D eigenvalue weighted by molar-refractivity contribution is -0.120. The van der Waals surface area contributed by atoms with Gasteiger partial charge in [-0.05, 0) is 18.2 Å². The van der Waals surface area contributed by atoms with Gasteiger partial charge >= 0.3 is 0 Å². The van der Waals surface area contributed by atoms with E-state index in [0.717, 1.165) is 10.2 Å². The maximum Gasteiger partial charge on any atom is 0.221 e. The van der Waals surface area contributed by atoms with Crippen LogP contribution in [-0.4, -0.2) is 24.9 Å². The minimum atomic E-state index is -0.0905. The van der Waals surface area contributed by atoms with Crippen LogP contribution in [0.15, 0.2) is 28.7 Å². The number of halogens is 2. The summed E-state index contributed by atoms with van der Waals surface area (Å²) in [6.07, 6.45) is 0.317. The lowest BCUT2D eigenvalue weighted by atomic mass is 10.3. The molecule has 0 aliphatic heterocycles. The van der Waals surface area contributed by atoms with Gasteiger partial charge in [-0.15, -0.1) is 11.6 Å². The summed E-state index contributed by atoms with van der Waals surface area (Å²) >= 11 is 8.77. The maximum absolute atomic E-state index is 11.0. The first-order valence-electron chi connectivity index (χ1n) is 5.39. The molecule has 18 heavy (non-hydrogen) atoms. The number of hydrogen-bond acceptors (Lipinski definition) is 2.